The van der Waals surface area contributed by atoms with Crippen molar-refractivity contribution in [2.24, 2.45) is 0 Å². The zero-order chi connectivity index (χ0) is 19.6. The van der Waals surface area contributed by atoms with Crippen molar-refractivity contribution in [1.82, 2.24) is 4.90 Å². The summed E-state index contributed by atoms with van der Waals surface area (Å²) >= 11 is 6.24. The first-order chi connectivity index (χ1) is 13.0. The number of urea groups is 1. The van der Waals surface area contributed by atoms with Crippen molar-refractivity contribution >= 4 is 29.2 Å². The molecule has 8 heteroatoms. The van der Waals surface area contributed by atoms with Crippen LogP contribution in [0.1, 0.15) is 36.8 Å². The van der Waals surface area contributed by atoms with Crippen LogP contribution >= 0.6 is 11.6 Å². The van der Waals surface area contributed by atoms with Gasteiger partial charge in [-0.3, -0.25) is 4.79 Å². The van der Waals surface area contributed by atoms with Gasteiger partial charge in [0, 0.05) is 6.54 Å². The topological polar surface area (TPSA) is 73.6 Å². The molecule has 1 aliphatic carbocycles. The van der Waals surface area contributed by atoms with E-state index in [2.05, 4.69) is 0 Å². The second-order valence-electron chi connectivity index (χ2n) is 6.80. The highest BCUT2D eigenvalue weighted by Crippen LogP contribution is 2.44. The van der Waals surface area contributed by atoms with Crippen molar-refractivity contribution in [1.29, 1.82) is 5.26 Å². The smallest absolute Gasteiger partial charge is 0.332 e. The number of hydrogen-bond donors (Lipinski definition) is 0. The third-order valence-electron chi connectivity index (χ3n) is 5.37. The number of nitriles is 1. The maximum Gasteiger partial charge on any atom is 0.332 e. The summed E-state index contributed by atoms with van der Waals surface area (Å²) in [6.07, 6.45) is 2.92. The second kappa shape index (κ2) is 7.83. The lowest BCUT2D eigenvalue weighted by Gasteiger charge is -2.31. The Morgan fingerprint density at radius 3 is 2.63 bits per heavy atom. The summed E-state index contributed by atoms with van der Waals surface area (Å²) in [5.41, 5.74) is 0.334. The summed E-state index contributed by atoms with van der Waals surface area (Å²) in [6, 6.07) is 4.67. The molecule has 144 valence electrons. The highest BCUT2D eigenvalue weighted by Gasteiger charge is 2.58. The van der Waals surface area contributed by atoms with Crippen LogP contribution in [0.15, 0.2) is 12.1 Å². The van der Waals surface area contributed by atoms with Gasteiger partial charge >= 0.3 is 6.03 Å². The number of halogens is 2. The van der Waals surface area contributed by atoms with Crippen molar-refractivity contribution in [2.45, 2.75) is 38.1 Å². The monoisotopic (exact) mass is 393 g/mol. The normalized spacial score (nSPS) is 18.6. The zero-order valence-electron chi connectivity index (χ0n) is 15.1. The van der Waals surface area contributed by atoms with E-state index in [0.29, 0.717) is 29.7 Å². The summed E-state index contributed by atoms with van der Waals surface area (Å²) < 4.78 is 17.4. The molecule has 2 aliphatic rings. The summed E-state index contributed by atoms with van der Waals surface area (Å²) in [7, 11) is 0. The minimum absolute atomic E-state index is 0.0307. The van der Waals surface area contributed by atoms with E-state index in [9.17, 15) is 14.0 Å². The summed E-state index contributed by atoms with van der Waals surface area (Å²) in [5.74, 6) is -0.264. The van der Waals surface area contributed by atoms with Crippen molar-refractivity contribution < 1.29 is 18.7 Å². The van der Waals surface area contributed by atoms with Crippen LogP contribution in [0.5, 0.6) is 0 Å². The highest BCUT2D eigenvalue weighted by molar-refractivity contribution is 6.33. The highest BCUT2D eigenvalue weighted by atomic mass is 35.5. The molecule has 0 bridgehead atoms. The van der Waals surface area contributed by atoms with Gasteiger partial charge in [-0.05, 0) is 37.5 Å². The van der Waals surface area contributed by atoms with E-state index in [1.54, 1.807) is 17.9 Å². The average molecular weight is 394 g/mol. The number of nitrogens with zero attached hydrogens (tertiary/aromatic N) is 3. The summed E-state index contributed by atoms with van der Waals surface area (Å²) in [5, 5.41) is 9.36. The lowest BCUT2D eigenvalue weighted by Crippen LogP contribution is -2.48. The molecular formula is C19H21ClFN3O3. The van der Waals surface area contributed by atoms with Gasteiger partial charge in [-0.25, -0.2) is 14.1 Å². The molecule has 1 saturated heterocycles. The molecule has 0 radical (unpaired) electrons. The Labute approximate surface area is 162 Å². The van der Waals surface area contributed by atoms with Gasteiger partial charge in [0.1, 0.15) is 18.3 Å². The van der Waals surface area contributed by atoms with Crippen LogP contribution in [0.3, 0.4) is 0 Å². The summed E-state index contributed by atoms with van der Waals surface area (Å²) in [4.78, 5) is 29.2. The molecule has 0 N–H and O–H groups in total. The number of alkyl halides is 1. The van der Waals surface area contributed by atoms with Gasteiger partial charge in [-0.15, -0.1) is 0 Å². The lowest BCUT2D eigenvalue weighted by molar-refractivity contribution is -0.124. The number of imide groups is 1. The van der Waals surface area contributed by atoms with Crippen LogP contribution in [-0.2, 0) is 9.53 Å². The molecule has 1 spiro atoms. The van der Waals surface area contributed by atoms with Crippen LogP contribution < -0.4 is 4.90 Å². The van der Waals surface area contributed by atoms with E-state index in [-0.39, 0.29) is 30.7 Å². The van der Waals surface area contributed by atoms with E-state index in [4.69, 9.17) is 21.6 Å². The number of hydrogen-bond acceptors (Lipinski definition) is 4. The van der Waals surface area contributed by atoms with Crippen molar-refractivity contribution in [3.63, 3.8) is 0 Å². The number of carbonyl (C=O) groups excluding carboxylic acids is 2. The quantitative estimate of drug-likeness (QED) is 0.547. The van der Waals surface area contributed by atoms with Crippen LogP contribution in [0.25, 0.3) is 0 Å². The second-order valence-corrected chi connectivity index (χ2v) is 7.18. The Kier molecular flexibility index (Phi) is 5.68. The number of amides is 3. The van der Waals surface area contributed by atoms with Gasteiger partial charge in [0.25, 0.3) is 5.91 Å². The van der Waals surface area contributed by atoms with Crippen LogP contribution in [0, 0.1) is 18.3 Å². The minimum Gasteiger partial charge on any atom is -0.377 e. The molecule has 2 fully saturated rings. The van der Waals surface area contributed by atoms with Crippen molar-refractivity contribution in [3.8, 4) is 6.07 Å². The summed E-state index contributed by atoms with van der Waals surface area (Å²) in [6.45, 7) is 1.47. The Morgan fingerprint density at radius 1 is 1.30 bits per heavy atom. The minimum atomic E-state index is -0.872. The maximum absolute atomic E-state index is 13.3. The molecule has 27 heavy (non-hydrogen) atoms. The molecule has 3 rings (SSSR count). The Bertz CT molecular complexity index is 802. The average Bonchev–Trinajstić information content (AvgIpc) is 3.22. The molecule has 0 atom stereocenters. The third-order valence-corrected chi connectivity index (χ3v) is 5.86. The van der Waals surface area contributed by atoms with Gasteiger partial charge in [0.15, 0.2) is 0 Å². The molecule has 3 amide bonds. The number of ether oxygens (including phenoxy) is 1. The molecule has 0 unspecified atom stereocenters. The Morgan fingerprint density at radius 2 is 2.00 bits per heavy atom. The molecule has 1 saturated carbocycles. The zero-order valence-corrected chi connectivity index (χ0v) is 15.9. The molecule has 1 heterocycles. The largest absolute Gasteiger partial charge is 0.377 e. The van der Waals surface area contributed by atoms with Gasteiger partial charge in [-0.1, -0.05) is 24.4 Å². The first-order valence-corrected chi connectivity index (χ1v) is 9.35. The fraction of sp³-hybridized carbons (Fsp3) is 0.526. The van der Waals surface area contributed by atoms with Gasteiger partial charge < -0.3 is 9.64 Å². The molecule has 1 aliphatic heterocycles. The van der Waals surface area contributed by atoms with E-state index in [1.165, 1.54) is 11.0 Å². The lowest BCUT2D eigenvalue weighted by atomic mass is 9.95. The van der Waals surface area contributed by atoms with E-state index >= 15 is 0 Å². The molecular weight excluding hydrogens is 373 g/mol. The van der Waals surface area contributed by atoms with Crippen molar-refractivity contribution in [3.05, 3.63) is 28.3 Å². The van der Waals surface area contributed by atoms with E-state index in [1.807, 2.05) is 6.07 Å². The van der Waals surface area contributed by atoms with Gasteiger partial charge in [0.2, 0.25) is 0 Å². The Balaban J connectivity index is 1.96. The SMILES string of the molecule is Cc1c(N2C(=O)N(CCOCCF)C3(CCCC3)C2=O)ccc(C#N)c1Cl. The molecule has 6 nitrogen and oxygen atoms in total. The maximum atomic E-state index is 13.3. The molecule has 1 aromatic rings. The third kappa shape index (κ3) is 3.17. The number of carbonyl (C=O) groups is 2. The molecule has 1 aromatic carbocycles. The van der Waals surface area contributed by atoms with Gasteiger partial charge in [-0.2, -0.15) is 5.26 Å². The van der Waals surface area contributed by atoms with E-state index in [0.717, 1.165) is 12.8 Å². The van der Waals surface area contributed by atoms with Crippen LogP contribution in [-0.4, -0.2) is 48.8 Å². The predicted molar refractivity (Wildman–Crippen MR) is 98.5 cm³/mol. The predicted octanol–water partition coefficient (Wildman–Crippen LogP) is 3.59. The Hall–Kier alpha value is -2.17. The van der Waals surface area contributed by atoms with Crippen LogP contribution in [0.4, 0.5) is 14.9 Å². The number of benzene rings is 1. The fourth-order valence-electron chi connectivity index (χ4n) is 4.00. The fourth-order valence-corrected chi connectivity index (χ4v) is 4.20. The number of rotatable bonds is 6. The van der Waals surface area contributed by atoms with Gasteiger partial charge in [0.05, 0.1) is 29.5 Å². The van der Waals surface area contributed by atoms with Crippen LogP contribution in [0.2, 0.25) is 5.02 Å². The number of anilines is 1. The first-order valence-electron chi connectivity index (χ1n) is 8.97. The van der Waals surface area contributed by atoms with Crippen molar-refractivity contribution in [2.75, 3.05) is 31.3 Å². The van der Waals surface area contributed by atoms with E-state index < -0.39 is 18.2 Å². The molecule has 0 aromatic heterocycles. The first kappa shape index (κ1) is 19.6. The standard InChI is InChI=1S/C19H21ClFN3O3/c1-13-15(5-4-14(12-22)16(13)20)24-17(25)19(6-2-3-7-19)23(18(24)26)9-11-27-10-8-21/h4-5H,2-3,6-11H2,1H3.